The number of phenols is 1. The Bertz CT molecular complexity index is 641. The van der Waals surface area contributed by atoms with Gasteiger partial charge in [-0.3, -0.25) is 0 Å². The van der Waals surface area contributed by atoms with Crippen LogP contribution in [0.4, 0.5) is 0 Å². The molecule has 0 aromatic heterocycles. The number of ether oxygens (including phenoxy) is 1. The zero-order valence-corrected chi connectivity index (χ0v) is 14.6. The Balaban J connectivity index is 2.00. The normalized spacial score (nSPS) is 24.3. The van der Waals surface area contributed by atoms with Crippen molar-refractivity contribution in [1.82, 2.24) is 0 Å². The first-order chi connectivity index (χ1) is 11.0. The first-order valence-electron chi connectivity index (χ1n) is 8.92. The molecule has 2 unspecified atom stereocenters. The predicted octanol–water partition coefficient (Wildman–Crippen LogP) is 6.03. The molecule has 2 aliphatic rings. The Morgan fingerprint density at radius 1 is 1.39 bits per heavy atom. The summed E-state index contributed by atoms with van der Waals surface area (Å²) in [6.07, 6.45) is 7.98. The highest BCUT2D eigenvalue weighted by atomic mass is 16.5. The molecule has 3 rings (SSSR count). The summed E-state index contributed by atoms with van der Waals surface area (Å²) in [7, 11) is 0. The number of rotatable bonds is 4. The van der Waals surface area contributed by atoms with Gasteiger partial charge in [0.1, 0.15) is 17.3 Å². The van der Waals surface area contributed by atoms with Crippen LogP contribution in [-0.2, 0) is 0 Å². The first-order valence-corrected chi connectivity index (χ1v) is 8.92. The summed E-state index contributed by atoms with van der Waals surface area (Å²) in [5.41, 5.74) is 3.51. The van der Waals surface area contributed by atoms with Crippen LogP contribution in [0.3, 0.4) is 0 Å². The maximum Gasteiger partial charge on any atom is 0.134 e. The van der Waals surface area contributed by atoms with Gasteiger partial charge in [0.15, 0.2) is 0 Å². The maximum absolute atomic E-state index is 10.7. The minimum Gasteiger partial charge on any atom is -0.507 e. The molecule has 0 saturated carbocycles. The van der Waals surface area contributed by atoms with E-state index in [0.717, 1.165) is 41.9 Å². The molecule has 0 fully saturated rings. The second-order valence-corrected chi connectivity index (χ2v) is 7.25. The standard InChI is InChI=1S/C21H28O2/c1-5-6-7-14(3)16-11-19(22)21-18-10-13(2)8-9-17(18)15(4)23-20(21)12-16/h10-12,14,17-18,22H,4-9H2,1-3H3/t14?,17-,18?/m0/s1. The van der Waals surface area contributed by atoms with Crippen LogP contribution < -0.4 is 4.74 Å². The van der Waals surface area contributed by atoms with Crippen molar-refractivity contribution in [3.63, 3.8) is 0 Å². The zero-order valence-electron chi connectivity index (χ0n) is 14.6. The fourth-order valence-electron chi connectivity index (χ4n) is 3.95. The third-order valence-electron chi connectivity index (χ3n) is 5.44. The molecule has 1 aliphatic heterocycles. The molecule has 2 heteroatoms. The van der Waals surface area contributed by atoms with Gasteiger partial charge in [0.25, 0.3) is 0 Å². The highest BCUT2D eigenvalue weighted by molar-refractivity contribution is 5.55. The Hall–Kier alpha value is -1.70. The van der Waals surface area contributed by atoms with Gasteiger partial charge in [0, 0.05) is 17.4 Å². The largest absolute Gasteiger partial charge is 0.507 e. The summed E-state index contributed by atoms with van der Waals surface area (Å²) < 4.78 is 6.03. The molecule has 1 heterocycles. The third-order valence-corrected chi connectivity index (χ3v) is 5.44. The minimum atomic E-state index is 0.208. The molecule has 0 spiro atoms. The summed E-state index contributed by atoms with van der Waals surface area (Å²) >= 11 is 0. The Morgan fingerprint density at radius 3 is 2.91 bits per heavy atom. The summed E-state index contributed by atoms with van der Waals surface area (Å²) in [5, 5.41) is 10.7. The lowest BCUT2D eigenvalue weighted by Crippen LogP contribution is -2.25. The molecule has 1 aromatic rings. The first kappa shape index (κ1) is 16.2. The van der Waals surface area contributed by atoms with Crippen LogP contribution in [0.1, 0.15) is 75.8 Å². The number of unbranched alkanes of at least 4 members (excludes halogenated alkanes) is 1. The predicted molar refractivity (Wildman–Crippen MR) is 95.0 cm³/mol. The summed E-state index contributed by atoms with van der Waals surface area (Å²) in [5.74, 6) is 2.98. The van der Waals surface area contributed by atoms with Gasteiger partial charge < -0.3 is 9.84 Å². The SMILES string of the molecule is C=C1Oc2cc(C(C)CCCC)cc(O)c2C2C=C(C)CC[C@@H]12. The third kappa shape index (κ3) is 3.04. The smallest absolute Gasteiger partial charge is 0.134 e. The van der Waals surface area contributed by atoms with E-state index in [1.54, 1.807) is 0 Å². The Morgan fingerprint density at radius 2 is 2.17 bits per heavy atom. The van der Waals surface area contributed by atoms with Crippen LogP contribution in [0.15, 0.2) is 36.1 Å². The fraction of sp³-hybridized carbons (Fsp3) is 0.524. The number of allylic oxidation sites excluding steroid dienone is 3. The Kier molecular flexibility index (Phi) is 4.52. The number of aromatic hydroxyl groups is 1. The molecule has 1 N–H and O–H groups in total. The number of fused-ring (bicyclic) bond motifs is 3. The van der Waals surface area contributed by atoms with E-state index < -0.39 is 0 Å². The van der Waals surface area contributed by atoms with Gasteiger partial charge in [-0.2, -0.15) is 0 Å². The monoisotopic (exact) mass is 312 g/mol. The van der Waals surface area contributed by atoms with E-state index in [0.29, 0.717) is 17.6 Å². The van der Waals surface area contributed by atoms with Crippen LogP contribution in [0.2, 0.25) is 0 Å². The van der Waals surface area contributed by atoms with Gasteiger partial charge in [0.2, 0.25) is 0 Å². The lowest BCUT2D eigenvalue weighted by atomic mass is 9.74. The van der Waals surface area contributed by atoms with E-state index in [4.69, 9.17) is 4.74 Å². The van der Waals surface area contributed by atoms with Crippen molar-refractivity contribution in [3.05, 3.63) is 47.2 Å². The molecule has 2 nitrogen and oxygen atoms in total. The molecule has 0 radical (unpaired) electrons. The van der Waals surface area contributed by atoms with Crippen molar-refractivity contribution in [2.75, 3.05) is 0 Å². The molecule has 124 valence electrons. The number of phenolic OH excluding ortho intramolecular Hbond substituents is 1. The highest BCUT2D eigenvalue weighted by Gasteiger charge is 2.37. The molecule has 0 saturated heterocycles. The molecule has 3 atom stereocenters. The highest BCUT2D eigenvalue weighted by Crippen LogP contribution is 2.51. The topological polar surface area (TPSA) is 29.5 Å². The van der Waals surface area contributed by atoms with E-state index in [1.165, 1.54) is 18.4 Å². The summed E-state index contributed by atoms with van der Waals surface area (Å²) in [4.78, 5) is 0. The fourth-order valence-corrected chi connectivity index (χ4v) is 3.95. The van der Waals surface area contributed by atoms with Gasteiger partial charge in [-0.05, 0) is 49.8 Å². The van der Waals surface area contributed by atoms with Gasteiger partial charge in [-0.15, -0.1) is 0 Å². The van der Waals surface area contributed by atoms with Crippen LogP contribution in [0, 0.1) is 5.92 Å². The molecule has 0 amide bonds. The molecular weight excluding hydrogens is 284 g/mol. The van der Waals surface area contributed by atoms with E-state index >= 15 is 0 Å². The Labute approximate surface area is 139 Å². The molecule has 1 aliphatic carbocycles. The van der Waals surface area contributed by atoms with Crippen LogP contribution in [0.5, 0.6) is 11.5 Å². The minimum absolute atomic E-state index is 0.208. The van der Waals surface area contributed by atoms with Crippen LogP contribution in [0.25, 0.3) is 0 Å². The lowest BCUT2D eigenvalue weighted by Gasteiger charge is -2.37. The molecule has 1 aromatic carbocycles. The summed E-state index contributed by atoms with van der Waals surface area (Å²) in [6.45, 7) is 10.8. The second-order valence-electron chi connectivity index (χ2n) is 7.25. The van der Waals surface area contributed by atoms with Gasteiger partial charge in [0.05, 0.1) is 0 Å². The second kappa shape index (κ2) is 6.43. The van der Waals surface area contributed by atoms with Crippen molar-refractivity contribution >= 4 is 0 Å². The van der Waals surface area contributed by atoms with Gasteiger partial charge >= 0.3 is 0 Å². The van der Waals surface area contributed by atoms with Gasteiger partial charge in [-0.1, -0.05) is 44.9 Å². The molecule has 23 heavy (non-hydrogen) atoms. The van der Waals surface area contributed by atoms with Crippen molar-refractivity contribution in [1.29, 1.82) is 0 Å². The number of hydrogen-bond acceptors (Lipinski definition) is 2. The van der Waals surface area contributed by atoms with E-state index in [-0.39, 0.29) is 5.92 Å². The zero-order chi connectivity index (χ0) is 16.6. The van der Waals surface area contributed by atoms with E-state index in [2.05, 4.69) is 39.5 Å². The lowest BCUT2D eigenvalue weighted by molar-refractivity contribution is 0.274. The van der Waals surface area contributed by atoms with E-state index in [1.807, 2.05) is 6.07 Å². The van der Waals surface area contributed by atoms with Crippen molar-refractivity contribution in [2.45, 2.75) is 64.7 Å². The maximum atomic E-state index is 10.7. The van der Waals surface area contributed by atoms with Crippen molar-refractivity contribution < 1.29 is 9.84 Å². The molecule has 0 bridgehead atoms. The quantitative estimate of drug-likeness (QED) is 0.688. The molecular formula is C21H28O2. The van der Waals surface area contributed by atoms with Crippen molar-refractivity contribution in [2.24, 2.45) is 5.92 Å². The van der Waals surface area contributed by atoms with Gasteiger partial charge in [-0.25, -0.2) is 0 Å². The number of benzene rings is 1. The average Bonchev–Trinajstić information content (AvgIpc) is 2.51. The van der Waals surface area contributed by atoms with Crippen LogP contribution in [-0.4, -0.2) is 5.11 Å². The van der Waals surface area contributed by atoms with E-state index in [9.17, 15) is 5.11 Å². The average molecular weight is 312 g/mol. The van der Waals surface area contributed by atoms with Crippen LogP contribution >= 0.6 is 0 Å². The van der Waals surface area contributed by atoms with Crippen molar-refractivity contribution in [3.8, 4) is 11.5 Å². The number of hydrogen-bond donors (Lipinski definition) is 1. The summed E-state index contributed by atoms with van der Waals surface area (Å²) in [6, 6.07) is 4.07.